The van der Waals surface area contributed by atoms with E-state index in [0.717, 1.165) is 30.7 Å². The van der Waals surface area contributed by atoms with Gasteiger partial charge in [0.25, 0.3) is 0 Å². The number of aromatic nitrogens is 1. The SMILES string of the molecule is Cc1nc(CNC(=O)CCC2CCCCN2)sc1C(=O)O. The molecule has 1 atom stereocenters. The van der Waals surface area contributed by atoms with Crippen LogP contribution in [0.3, 0.4) is 0 Å². The van der Waals surface area contributed by atoms with Gasteiger partial charge in [-0.3, -0.25) is 4.79 Å². The number of nitrogens with zero attached hydrogens (tertiary/aromatic N) is 1. The topological polar surface area (TPSA) is 91.3 Å². The maximum Gasteiger partial charge on any atom is 0.347 e. The largest absolute Gasteiger partial charge is 0.477 e. The molecule has 7 heteroatoms. The highest BCUT2D eigenvalue weighted by Crippen LogP contribution is 2.18. The number of rotatable bonds is 6. The summed E-state index contributed by atoms with van der Waals surface area (Å²) in [6.07, 6.45) is 4.94. The first-order chi connectivity index (χ1) is 10.1. The molecule has 6 nitrogen and oxygen atoms in total. The van der Waals surface area contributed by atoms with Crippen molar-refractivity contribution in [2.45, 2.75) is 51.6 Å². The van der Waals surface area contributed by atoms with Gasteiger partial charge in [-0.15, -0.1) is 11.3 Å². The lowest BCUT2D eigenvalue weighted by Crippen LogP contribution is -2.35. The van der Waals surface area contributed by atoms with Gasteiger partial charge < -0.3 is 15.7 Å². The zero-order valence-electron chi connectivity index (χ0n) is 12.1. The van der Waals surface area contributed by atoms with Crippen molar-refractivity contribution in [3.8, 4) is 0 Å². The second-order valence-electron chi connectivity index (χ2n) is 5.29. The van der Waals surface area contributed by atoms with Crippen molar-refractivity contribution in [2.75, 3.05) is 6.54 Å². The van der Waals surface area contributed by atoms with Gasteiger partial charge in [0.05, 0.1) is 12.2 Å². The minimum Gasteiger partial charge on any atom is -0.477 e. The van der Waals surface area contributed by atoms with Gasteiger partial charge >= 0.3 is 5.97 Å². The van der Waals surface area contributed by atoms with Crippen molar-refractivity contribution >= 4 is 23.2 Å². The van der Waals surface area contributed by atoms with Gasteiger partial charge in [-0.05, 0) is 32.7 Å². The summed E-state index contributed by atoms with van der Waals surface area (Å²) >= 11 is 1.12. The van der Waals surface area contributed by atoms with Gasteiger partial charge in [-0.25, -0.2) is 9.78 Å². The monoisotopic (exact) mass is 311 g/mol. The number of nitrogens with one attached hydrogen (secondary N) is 2. The van der Waals surface area contributed by atoms with Crippen LogP contribution < -0.4 is 10.6 Å². The predicted molar refractivity (Wildman–Crippen MR) is 80.5 cm³/mol. The molecular weight excluding hydrogens is 290 g/mol. The Hall–Kier alpha value is -1.47. The molecule has 0 radical (unpaired) electrons. The first-order valence-electron chi connectivity index (χ1n) is 7.26. The van der Waals surface area contributed by atoms with Gasteiger partial charge in [0.1, 0.15) is 9.88 Å². The third-order valence-electron chi connectivity index (χ3n) is 3.60. The molecule has 1 aliphatic heterocycles. The van der Waals surface area contributed by atoms with E-state index in [1.165, 1.54) is 12.8 Å². The zero-order chi connectivity index (χ0) is 15.2. The predicted octanol–water partition coefficient (Wildman–Crippen LogP) is 1.69. The number of carboxylic acid groups (broad SMARTS) is 1. The summed E-state index contributed by atoms with van der Waals surface area (Å²) in [4.78, 5) is 27.1. The van der Waals surface area contributed by atoms with Crippen molar-refractivity contribution in [1.82, 2.24) is 15.6 Å². The quantitative estimate of drug-likeness (QED) is 0.743. The average molecular weight is 311 g/mol. The van der Waals surface area contributed by atoms with Gasteiger partial charge in [-0.2, -0.15) is 0 Å². The molecule has 21 heavy (non-hydrogen) atoms. The highest BCUT2D eigenvalue weighted by Gasteiger charge is 2.16. The number of carboxylic acids is 1. The third-order valence-corrected chi connectivity index (χ3v) is 4.75. The molecule has 1 fully saturated rings. The molecule has 0 spiro atoms. The molecule has 1 unspecified atom stereocenters. The first-order valence-corrected chi connectivity index (χ1v) is 8.07. The number of amides is 1. The summed E-state index contributed by atoms with van der Waals surface area (Å²) in [7, 11) is 0. The Labute approximate surface area is 128 Å². The first kappa shape index (κ1) is 15.9. The molecule has 1 aromatic rings. The minimum absolute atomic E-state index is 0.00731. The van der Waals surface area contributed by atoms with E-state index in [4.69, 9.17) is 5.11 Å². The molecule has 0 aliphatic carbocycles. The molecule has 116 valence electrons. The van der Waals surface area contributed by atoms with Gasteiger partial charge in [0.15, 0.2) is 0 Å². The van der Waals surface area contributed by atoms with E-state index >= 15 is 0 Å². The van der Waals surface area contributed by atoms with E-state index in [2.05, 4.69) is 15.6 Å². The van der Waals surface area contributed by atoms with Crippen LogP contribution in [-0.2, 0) is 11.3 Å². The maximum atomic E-state index is 11.8. The molecule has 0 aromatic carbocycles. The molecule has 2 heterocycles. The number of piperidine rings is 1. The molecule has 0 bridgehead atoms. The Bertz CT molecular complexity index is 510. The van der Waals surface area contributed by atoms with Crippen LogP contribution in [0.1, 0.15) is 52.5 Å². The van der Waals surface area contributed by atoms with Crippen LogP contribution >= 0.6 is 11.3 Å². The van der Waals surface area contributed by atoms with E-state index in [0.29, 0.717) is 29.7 Å². The number of hydrogen-bond donors (Lipinski definition) is 3. The summed E-state index contributed by atoms with van der Waals surface area (Å²) in [5, 5.41) is 15.8. The fraction of sp³-hybridized carbons (Fsp3) is 0.643. The van der Waals surface area contributed by atoms with Crippen molar-refractivity contribution in [1.29, 1.82) is 0 Å². The number of aromatic carboxylic acids is 1. The summed E-state index contributed by atoms with van der Waals surface area (Å²) in [6, 6.07) is 0.449. The second-order valence-corrected chi connectivity index (χ2v) is 6.37. The van der Waals surface area contributed by atoms with Crippen molar-refractivity contribution in [3.63, 3.8) is 0 Å². The van der Waals surface area contributed by atoms with Crippen LogP contribution in [-0.4, -0.2) is 34.6 Å². The van der Waals surface area contributed by atoms with E-state index in [1.807, 2.05) is 0 Å². The molecule has 0 saturated carbocycles. The van der Waals surface area contributed by atoms with Crippen molar-refractivity contribution in [3.05, 3.63) is 15.6 Å². The molecular formula is C14H21N3O3S. The lowest BCUT2D eigenvalue weighted by molar-refractivity contribution is -0.121. The van der Waals surface area contributed by atoms with Gasteiger partial charge in [-0.1, -0.05) is 6.42 Å². The fourth-order valence-electron chi connectivity index (χ4n) is 2.46. The van der Waals surface area contributed by atoms with E-state index in [-0.39, 0.29) is 10.8 Å². The lowest BCUT2D eigenvalue weighted by atomic mass is 10.0. The third kappa shape index (κ3) is 4.78. The standard InChI is InChI=1S/C14H21N3O3S/c1-9-13(14(19)20)21-12(17-9)8-16-11(18)6-5-10-4-2-3-7-15-10/h10,15H,2-8H2,1H3,(H,16,18)(H,19,20). The van der Waals surface area contributed by atoms with Crippen LogP contribution in [0, 0.1) is 6.92 Å². The fourth-order valence-corrected chi connectivity index (χ4v) is 3.31. The number of hydrogen-bond acceptors (Lipinski definition) is 5. The minimum atomic E-state index is -0.967. The molecule has 2 rings (SSSR count). The van der Waals surface area contributed by atoms with Crippen LogP contribution in [0.15, 0.2) is 0 Å². The number of aryl methyl sites for hydroxylation is 1. The second kappa shape index (κ2) is 7.51. The highest BCUT2D eigenvalue weighted by atomic mass is 32.1. The molecule has 3 N–H and O–H groups in total. The van der Waals surface area contributed by atoms with Crippen molar-refractivity contribution < 1.29 is 14.7 Å². The Kier molecular flexibility index (Phi) is 5.69. The Morgan fingerprint density at radius 1 is 1.48 bits per heavy atom. The Balaban J connectivity index is 1.73. The zero-order valence-corrected chi connectivity index (χ0v) is 13.0. The van der Waals surface area contributed by atoms with Crippen LogP contribution in [0.2, 0.25) is 0 Å². The van der Waals surface area contributed by atoms with Crippen molar-refractivity contribution in [2.24, 2.45) is 0 Å². The lowest BCUT2D eigenvalue weighted by Gasteiger charge is -2.22. The van der Waals surface area contributed by atoms with E-state index in [9.17, 15) is 9.59 Å². The number of carbonyl (C=O) groups excluding carboxylic acids is 1. The molecule has 1 amide bonds. The molecule has 1 aromatic heterocycles. The summed E-state index contributed by atoms with van der Waals surface area (Å²) in [5.41, 5.74) is 0.503. The normalized spacial score (nSPS) is 18.4. The number of carbonyl (C=O) groups is 2. The Morgan fingerprint density at radius 2 is 2.29 bits per heavy atom. The van der Waals surface area contributed by atoms with E-state index in [1.54, 1.807) is 6.92 Å². The molecule has 1 saturated heterocycles. The van der Waals surface area contributed by atoms with Crippen LogP contribution in [0.25, 0.3) is 0 Å². The van der Waals surface area contributed by atoms with Gasteiger partial charge in [0.2, 0.25) is 5.91 Å². The van der Waals surface area contributed by atoms with Crippen LogP contribution in [0.4, 0.5) is 0 Å². The summed E-state index contributed by atoms with van der Waals surface area (Å²) < 4.78 is 0. The summed E-state index contributed by atoms with van der Waals surface area (Å²) in [6.45, 7) is 3.01. The van der Waals surface area contributed by atoms with Gasteiger partial charge in [0, 0.05) is 12.5 Å². The van der Waals surface area contributed by atoms with E-state index < -0.39 is 5.97 Å². The maximum absolute atomic E-state index is 11.8. The smallest absolute Gasteiger partial charge is 0.347 e. The number of thiazole rings is 1. The van der Waals surface area contributed by atoms with Crippen LogP contribution in [0.5, 0.6) is 0 Å². The average Bonchev–Trinajstić information content (AvgIpc) is 2.85. The molecule has 1 aliphatic rings. The summed E-state index contributed by atoms with van der Waals surface area (Å²) in [5.74, 6) is -0.974. The Morgan fingerprint density at radius 3 is 2.90 bits per heavy atom. The highest BCUT2D eigenvalue weighted by molar-refractivity contribution is 7.13.